The standard InChI is InChI=1S/C12H16S/c1-13-12-9-5-8-11(12)10-6-3-2-4-7-10/h2-4,6-7,11-12H,5,8-9H2,1H3/t11-,12+/m0/s1. The smallest absolute Gasteiger partial charge is 0.0113 e. The molecule has 0 radical (unpaired) electrons. The Morgan fingerprint density at radius 1 is 1.15 bits per heavy atom. The van der Waals surface area contributed by atoms with Crippen molar-refractivity contribution >= 4 is 11.8 Å². The van der Waals surface area contributed by atoms with Crippen LogP contribution in [0.2, 0.25) is 0 Å². The summed E-state index contributed by atoms with van der Waals surface area (Å²) in [6.07, 6.45) is 6.44. The quantitative estimate of drug-likeness (QED) is 0.688. The zero-order chi connectivity index (χ0) is 9.10. The highest BCUT2D eigenvalue weighted by atomic mass is 32.2. The van der Waals surface area contributed by atoms with Gasteiger partial charge >= 0.3 is 0 Å². The molecule has 0 bridgehead atoms. The van der Waals surface area contributed by atoms with Gasteiger partial charge in [-0.2, -0.15) is 11.8 Å². The monoisotopic (exact) mass is 192 g/mol. The zero-order valence-corrected chi connectivity index (χ0v) is 8.89. The minimum atomic E-state index is 0.816. The Hall–Kier alpha value is -0.430. The fraction of sp³-hybridized carbons (Fsp3) is 0.500. The molecule has 0 heterocycles. The first kappa shape index (κ1) is 9.14. The lowest BCUT2D eigenvalue weighted by atomic mass is 9.98. The molecule has 0 nitrogen and oxygen atoms in total. The predicted molar refractivity (Wildman–Crippen MR) is 60.3 cm³/mol. The Bertz CT molecular complexity index is 255. The van der Waals surface area contributed by atoms with Gasteiger partial charge in [-0.15, -0.1) is 0 Å². The van der Waals surface area contributed by atoms with Crippen molar-refractivity contribution in [1.82, 2.24) is 0 Å². The fourth-order valence-corrected chi connectivity index (χ4v) is 3.31. The topological polar surface area (TPSA) is 0 Å². The summed E-state index contributed by atoms with van der Waals surface area (Å²) in [6.45, 7) is 0. The summed E-state index contributed by atoms with van der Waals surface area (Å²) in [6, 6.07) is 11.0. The third-order valence-corrected chi connectivity index (χ3v) is 4.15. The first-order valence-corrected chi connectivity index (χ1v) is 6.28. The van der Waals surface area contributed by atoms with Crippen molar-refractivity contribution in [2.45, 2.75) is 30.4 Å². The molecule has 0 N–H and O–H groups in total. The molecule has 13 heavy (non-hydrogen) atoms. The summed E-state index contributed by atoms with van der Waals surface area (Å²) in [5.74, 6) is 0.816. The van der Waals surface area contributed by atoms with Crippen LogP contribution in [-0.4, -0.2) is 11.5 Å². The summed E-state index contributed by atoms with van der Waals surface area (Å²) >= 11 is 2.04. The average molecular weight is 192 g/mol. The highest BCUT2D eigenvalue weighted by Gasteiger charge is 2.27. The van der Waals surface area contributed by atoms with Gasteiger partial charge in [0.1, 0.15) is 0 Å². The maximum atomic E-state index is 2.28. The molecule has 0 amide bonds. The largest absolute Gasteiger partial charge is 0.161 e. The van der Waals surface area contributed by atoms with Crippen molar-refractivity contribution in [3.63, 3.8) is 0 Å². The first-order chi connectivity index (χ1) is 6.42. The summed E-state index contributed by atoms with van der Waals surface area (Å²) in [7, 11) is 0. The molecule has 0 unspecified atom stereocenters. The number of hydrogen-bond donors (Lipinski definition) is 0. The van der Waals surface area contributed by atoms with E-state index in [1.165, 1.54) is 19.3 Å². The molecule has 0 aliphatic heterocycles. The molecule has 2 atom stereocenters. The van der Waals surface area contributed by atoms with Gasteiger partial charge < -0.3 is 0 Å². The van der Waals surface area contributed by atoms with E-state index >= 15 is 0 Å². The summed E-state index contributed by atoms with van der Waals surface area (Å²) in [4.78, 5) is 0. The molecule has 1 aromatic rings. The third-order valence-electron chi connectivity index (χ3n) is 2.98. The van der Waals surface area contributed by atoms with Crippen molar-refractivity contribution in [2.24, 2.45) is 0 Å². The maximum absolute atomic E-state index is 2.28. The molecule has 0 spiro atoms. The van der Waals surface area contributed by atoms with Gasteiger partial charge in [0.25, 0.3) is 0 Å². The van der Waals surface area contributed by atoms with E-state index in [0.717, 1.165) is 11.2 Å². The molecule has 70 valence electrons. The van der Waals surface area contributed by atoms with Crippen LogP contribution >= 0.6 is 11.8 Å². The Morgan fingerprint density at radius 2 is 1.92 bits per heavy atom. The molecule has 2 rings (SSSR count). The molecule has 0 aromatic heterocycles. The van der Waals surface area contributed by atoms with E-state index in [1.807, 2.05) is 11.8 Å². The van der Waals surface area contributed by atoms with Crippen LogP contribution in [0.3, 0.4) is 0 Å². The molecule has 1 aliphatic carbocycles. The summed E-state index contributed by atoms with van der Waals surface area (Å²) < 4.78 is 0. The van der Waals surface area contributed by atoms with E-state index in [-0.39, 0.29) is 0 Å². The summed E-state index contributed by atoms with van der Waals surface area (Å²) in [5, 5.41) is 0.863. The maximum Gasteiger partial charge on any atom is 0.0113 e. The van der Waals surface area contributed by atoms with Crippen LogP contribution in [-0.2, 0) is 0 Å². The van der Waals surface area contributed by atoms with Crippen LogP contribution in [0.1, 0.15) is 30.7 Å². The van der Waals surface area contributed by atoms with Crippen molar-refractivity contribution in [3.05, 3.63) is 35.9 Å². The van der Waals surface area contributed by atoms with Gasteiger partial charge in [-0.1, -0.05) is 36.8 Å². The minimum absolute atomic E-state index is 0.816. The van der Waals surface area contributed by atoms with Crippen LogP contribution in [0, 0.1) is 0 Å². The Morgan fingerprint density at radius 3 is 2.62 bits per heavy atom. The van der Waals surface area contributed by atoms with Crippen LogP contribution in [0.4, 0.5) is 0 Å². The zero-order valence-electron chi connectivity index (χ0n) is 8.07. The lowest BCUT2D eigenvalue weighted by Gasteiger charge is -2.17. The summed E-state index contributed by atoms with van der Waals surface area (Å²) in [5.41, 5.74) is 1.54. The second kappa shape index (κ2) is 4.19. The van der Waals surface area contributed by atoms with Crippen LogP contribution in [0.15, 0.2) is 30.3 Å². The molecule has 1 aromatic carbocycles. The number of benzene rings is 1. The number of thioether (sulfide) groups is 1. The molecule has 1 fully saturated rings. The number of hydrogen-bond acceptors (Lipinski definition) is 1. The van der Waals surface area contributed by atoms with E-state index in [9.17, 15) is 0 Å². The van der Waals surface area contributed by atoms with Gasteiger partial charge in [-0.05, 0) is 30.6 Å². The van der Waals surface area contributed by atoms with Crippen molar-refractivity contribution < 1.29 is 0 Å². The first-order valence-electron chi connectivity index (χ1n) is 4.99. The Labute approximate surface area is 84.7 Å². The highest BCUT2D eigenvalue weighted by Crippen LogP contribution is 2.40. The molecular weight excluding hydrogens is 176 g/mol. The second-order valence-corrected chi connectivity index (χ2v) is 4.80. The van der Waals surface area contributed by atoms with Crippen molar-refractivity contribution in [3.8, 4) is 0 Å². The van der Waals surface area contributed by atoms with Gasteiger partial charge in [0.2, 0.25) is 0 Å². The van der Waals surface area contributed by atoms with Crippen molar-refractivity contribution in [2.75, 3.05) is 6.26 Å². The van der Waals surface area contributed by atoms with E-state index in [0.29, 0.717) is 0 Å². The van der Waals surface area contributed by atoms with Crippen LogP contribution in [0.5, 0.6) is 0 Å². The van der Waals surface area contributed by atoms with Gasteiger partial charge in [0, 0.05) is 5.25 Å². The Kier molecular flexibility index (Phi) is 2.94. The average Bonchev–Trinajstić information content (AvgIpc) is 2.67. The molecule has 1 aliphatic rings. The molecule has 1 heteroatoms. The highest BCUT2D eigenvalue weighted by molar-refractivity contribution is 7.99. The minimum Gasteiger partial charge on any atom is -0.161 e. The molecule has 1 saturated carbocycles. The van der Waals surface area contributed by atoms with Crippen LogP contribution < -0.4 is 0 Å². The van der Waals surface area contributed by atoms with Gasteiger partial charge in [0.15, 0.2) is 0 Å². The fourth-order valence-electron chi connectivity index (χ4n) is 2.29. The van der Waals surface area contributed by atoms with Gasteiger partial charge in [-0.3, -0.25) is 0 Å². The van der Waals surface area contributed by atoms with E-state index in [1.54, 1.807) is 5.56 Å². The van der Waals surface area contributed by atoms with E-state index in [4.69, 9.17) is 0 Å². The lowest BCUT2D eigenvalue weighted by Crippen LogP contribution is -2.07. The normalized spacial score (nSPS) is 27.8. The SMILES string of the molecule is CS[C@@H]1CCC[C@H]1c1ccccc1. The molecule has 0 saturated heterocycles. The molecular formula is C12H16S. The Balaban J connectivity index is 2.16. The second-order valence-electron chi connectivity index (χ2n) is 3.72. The van der Waals surface area contributed by atoms with E-state index in [2.05, 4.69) is 36.6 Å². The predicted octanol–water partition coefficient (Wildman–Crippen LogP) is 3.69. The van der Waals surface area contributed by atoms with E-state index < -0.39 is 0 Å². The number of rotatable bonds is 2. The van der Waals surface area contributed by atoms with Crippen LogP contribution in [0.25, 0.3) is 0 Å². The lowest BCUT2D eigenvalue weighted by molar-refractivity contribution is 0.737. The van der Waals surface area contributed by atoms with Gasteiger partial charge in [-0.25, -0.2) is 0 Å². The van der Waals surface area contributed by atoms with Crippen molar-refractivity contribution in [1.29, 1.82) is 0 Å². The van der Waals surface area contributed by atoms with Gasteiger partial charge in [0.05, 0.1) is 0 Å². The third kappa shape index (κ3) is 1.91.